The Morgan fingerprint density at radius 1 is 1.40 bits per heavy atom. The van der Waals surface area contributed by atoms with Crippen molar-refractivity contribution in [1.29, 1.82) is 0 Å². The molecule has 1 saturated carbocycles. The zero-order valence-corrected chi connectivity index (χ0v) is 11.2. The minimum atomic E-state index is 0.564. The number of rotatable bonds is 2. The molecule has 15 heavy (non-hydrogen) atoms. The van der Waals surface area contributed by atoms with E-state index in [1.165, 1.54) is 36.6 Å². The maximum absolute atomic E-state index is 4.89. The van der Waals surface area contributed by atoms with Gasteiger partial charge in [-0.05, 0) is 26.0 Å². The molecular formula is C11H20N2S2. The van der Waals surface area contributed by atoms with Crippen LogP contribution in [0.25, 0.3) is 0 Å². The van der Waals surface area contributed by atoms with Crippen LogP contribution in [0.5, 0.6) is 0 Å². The minimum absolute atomic E-state index is 0.564. The topological polar surface area (TPSA) is 24.4 Å². The highest BCUT2D eigenvalue weighted by molar-refractivity contribution is 8.14. The van der Waals surface area contributed by atoms with Crippen molar-refractivity contribution in [1.82, 2.24) is 5.32 Å². The molecule has 2 fully saturated rings. The summed E-state index contributed by atoms with van der Waals surface area (Å²) in [5, 5.41) is 5.39. The summed E-state index contributed by atoms with van der Waals surface area (Å²) in [6.45, 7) is 2.22. The van der Waals surface area contributed by atoms with Gasteiger partial charge in [0.15, 0.2) is 5.17 Å². The van der Waals surface area contributed by atoms with Crippen molar-refractivity contribution in [3.05, 3.63) is 0 Å². The van der Waals surface area contributed by atoms with Gasteiger partial charge in [0.25, 0.3) is 0 Å². The Kier molecular flexibility index (Phi) is 4.26. The number of nitrogens with zero attached hydrogens (tertiary/aromatic N) is 1. The normalized spacial score (nSPS) is 39.3. The maximum Gasteiger partial charge on any atom is 0.157 e. The number of nitrogens with one attached hydrogen (secondary N) is 1. The van der Waals surface area contributed by atoms with Gasteiger partial charge in [-0.1, -0.05) is 24.6 Å². The molecule has 0 amide bonds. The maximum atomic E-state index is 4.89. The van der Waals surface area contributed by atoms with Gasteiger partial charge in [0.2, 0.25) is 0 Å². The predicted octanol–water partition coefficient (Wildman–Crippen LogP) is 2.74. The van der Waals surface area contributed by atoms with E-state index in [1.807, 2.05) is 23.5 Å². The van der Waals surface area contributed by atoms with Crippen LogP contribution in [0.2, 0.25) is 0 Å². The van der Waals surface area contributed by atoms with Gasteiger partial charge < -0.3 is 5.32 Å². The van der Waals surface area contributed by atoms with E-state index in [2.05, 4.69) is 18.5 Å². The van der Waals surface area contributed by atoms with Gasteiger partial charge in [0.1, 0.15) is 0 Å². The lowest BCUT2D eigenvalue weighted by molar-refractivity contribution is 0.455. The zero-order valence-electron chi connectivity index (χ0n) is 9.53. The molecule has 0 aromatic rings. The van der Waals surface area contributed by atoms with Crippen LogP contribution < -0.4 is 5.32 Å². The first-order valence-electron chi connectivity index (χ1n) is 5.79. The molecule has 3 atom stereocenters. The third-order valence-corrected chi connectivity index (χ3v) is 5.41. The fourth-order valence-corrected chi connectivity index (χ4v) is 4.12. The third kappa shape index (κ3) is 3.06. The van der Waals surface area contributed by atoms with Crippen molar-refractivity contribution in [3.8, 4) is 0 Å². The molecule has 2 rings (SSSR count). The van der Waals surface area contributed by atoms with Crippen LogP contribution >= 0.6 is 23.5 Å². The Morgan fingerprint density at radius 2 is 2.20 bits per heavy atom. The lowest BCUT2D eigenvalue weighted by atomic mass is 9.95. The molecule has 0 spiro atoms. The summed E-state index contributed by atoms with van der Waals surface area (Å²) in [4.78, 5) is 4.89. The fourth-order valence-electron chi connectivity index (χ4n) is 2.22. The quantitative estimate of drug-likeness (QED) is 0.808. The SMILES string of the molecule is CSC1CCCCC1N=C1NC(C)CS1. The first-order valence-corrected chi connectivity index (χ1v) is 8.07. The standard InChI is InChI=1S/C11H20N2S2/c1-8-7-15-11(12-8)13-9-5-3-4-6-10(9)14-2/h8-10H,3-7H2,1-2H3,(H,12,13). The Labute approximate surface area is 101 Å². The molecule has 1 heterocycles. The van der Waals surface area contributed by atoms with E-state index in [1.54, 1.807) is 0 Å². The van der Waals surface area contributed by atoms with Gasteiger partial charge in [-0.25, -0.2) is 0 Å². The molecule has 2 nitrogen and oxygen atoms in total. The molecule has 0 bridgehead atoms. The van der Waals surface area contributed by atoms with Gasteiger partial charge >= 0.3 is 0 Å². The number of thioether (sulfide) groups is 2. The van der Waals surface area contributed by atoms with Gasteiger partial charge in [-0.2, -0.15) is 11.8 Å². The fraction of sp³-hybridized carbons (Fsp3) is 0.909. The summed E-state index contributed by atoms with van der Waals surface area (Å²) in [6, 6.07) is 1.17. The van der Waals surface area contributed by atoms with Crippen LogP contribution in [0.3, 0.4) is 0 Å². The summed E-state index contributed by atoms with van der Waals surface area (Å²) in [7, 11) is 0. The highest BCUT2D eigenvalue weighted by Gasteiger charge is 2.25. The first kappa shape index (κ1) is 11.6. The van der Waals surface area contributed by atoms with E-state index in [4.69, 9.17) is 4.99 Å². The van der Waals surface area contributed by atoms with Crippen LogP contribution in [0.15, 0.2) is 4.99 Å². The number of hydrogen-bond acceptors (Lipinski definition) is 3. The van der Waals surface area contributed by atoms with E-state index in [-0.39, 0.29) is 0 Å². The molecule has 1 aliphatic carbocycles. The highest BCUT2D eigenvalue weighted by Crippen LogP contribution is 2.30. The van der Waals surface area contributed by atoms with Crippen molar-refractivity contribution in [2.75, 3.05) is 12.0 Å². The number of aliphatic imine (C=N–C) groups is 1. The van der Waals surface area contributed by atoms with E-state index in [0.29, 0.717) is 12.1 Å². The van der Waals surface area contributed by atoms with Crippen molar-refractivity contribution in [2.24, 2.45) is 4.99 Å². The smallest absolute Gasteiger partial charge is 0.157 e. The molecule has 2 aliphatic rings. The van der Waals surface area contributed by atoms with Crippen LogP contribution in [-0.4, -0.2) is 34.5 Å². The largest absolute Gasteiger partial charge is 0.362 e. The molecule has 3 unspecified atom stereocenters. The second kappa shape index (κ2) is 5.48. The summed E-state index contributed by atoms with van der Waals surface area (Å²) < 4.78 is 0. The second-order valence-electron chi connectivity index (χ2n) is 4.42. The van der Waals surface area contributed by atoms with Crippen LogP contribution in [-0.2, 0) is 0 Å². The summed E-state index contributed by atoms with van der Waals surface area (Å²) in [5.74, 6) is 1.18. The highest BCUT2D eigenvalue weighted by atomic mass is 32.2. The average Bonchev–Trinajstić information content (AvgIpc) is 2.65. The molecule has 1 N–H and O–H groups in total. The van der Waals surface area contributed by atoms with Crippen molar-refractivity contribution in [2.45, 2.75) is 49.9 Å². The van der Waals surface area contributed by atoms with Crippen LogP contribution in [0.4, 0.5) is 0 Å². The molecular weight excluding hydrogens is 224 g/mol. The van der Waals surface area contributed by atoms with Crippen LogP contribution in [0.1, 0.15) is 32.6 Å². The molecule has 1 saturated heterocycles. The number of amidine groups is 1. The van der Waals surface area contributed by atoms with Crippen molar-refractivity contribution < 1.29 is 0 Å². The van der Waals surface area contributed by atoms with E-state index in [0.717, 1.165) is 5.25 Å². The summed E-state index contributed by atoms with van der Waals surface area (Å²) in [5.41, 5.74) is 0. The zero-order chi connectivity index (χ0) is 10.7. The molecule has 0 aromatic heterocycles. The van der Waals surface area contributed by atoms with E-state index < -0.39 is 0 Å². The molecule has 0 aromatic carbocycles. The monoisotopic (exact) mass is 244 g/mol. The minimum Gasteiger partial charge on any atom is -0.362 e. The lowest BCUT2D eigenvalue weighted by Crippen LogP contribution is -2.29. The van der Waals surface area contributed by atoms with Crippen molar-refractivity contribution >= 4 is 28.7 Å². The molecule has 0 radical (unpaired) electrons. The number of hydrogen-bond donors (Lipinski definition) is 1. The Balaban J connectivity index is 1.96. The van der Waals surface area contributed by atoms with Gasteiger partial charge in [0.05, 0.1) is 6.04 Å². The summed E-state index contributed by atoms with van der Waals surface area (Å²) >= 11 is 3.88. The first-order chi connectivity index (χ1) is 7.29. The molecule has 1 aliphatic heterocycles. The average molecular weight is 244 g/mol. The lowest BCUT2D eigenvalue weighted by Gasteiger charge is -2.27. The summed E-state index contributed by atoms with van der Waals surface area (Å²) in [6.07, 6.45) is 7.61. The third-order valence-electron chi connectivity index (χ3n) is 3.09. The Morgan fingerprint density at radius 3 is 2.87 bits per heavy atom. The van der Waals surface area contributed by atoms with E-state index >= 15 is 0 Å². The van der Waals surface area contributed by atoms with Gasteiger partial charge in [0, 0.05) is 17.0 Å². The van der Waals surface area contributed by atoms with E-state index in [9.17, 15) is 0 Å². The Bertz CT molecular complexity index is 243. The predicted molar refractivity (Wildman–Crippen MR) is 72.0 cm³/mol. The molecule has 4 heteroatoms. The van der Waals surface area contributed by atoms with Gasteiger partial charge in [-0.3, -0.25) is 4.99 Å². The Hall–Kier alpha value is 0.170. The second-order valence-corrected chi connectivity index (χ2v) is 6.50. The van der Waals surface area contributed by atoms with Gasteiger partial charge in [-0.15, -0.1) is 0 Å². The van der Waals surface area contributed by atoms with Crippen molar-refractivity contribution in [3.63, 3.8) is 0 Å². The van der Waals surface area contributed by atoms with Crippen LogP contribution in [0, 0.1) is 0 Å². The molecule has 86 valence electrons.